The van der Waals surface area contributed by atoms with Crippen LogP contribution < -0.4 is 15.5 Å². The lowest BCUT2D eigenvalue weighted by molar-refractivity contribution is 0.444. The molecule has 0 radical (unpaired) electrons. The molecule has 2 rings (SSSR count). The summed E-state index contributed by atoms with van der Waals surface area (Å²) in [5.41, 5.74) is 0. The van der Waals surface area contributed by atoms with E-state index in [9.17, 15) is 0 Å². The summed E-state index contributed by atoms with van der Waals surface area (Å²) in [4.78, 5) is 11.0. The van der Waals surface area contributed by atoms with Gasteiger partial charge in [-0.25, -0.2) is 4.98 Å². The molecular weight excluding hydrogens is 318 g/mol. The van der Waals surface area contributed by atoms with Gasteiger partial charge in [-0.2, -0.15) is 4.98 Å². The van der Waals surface area contributed by atoms with E-state index in [-0.39, 0.29) is 0 Å². The van der Waals surface area contributed by atoms with Gasteiger partial charge in [0.05, 0.1) is 0 Å². The Kier molecular flexibility index (Phi) is 6.20. The number of hydrogen-bond donors (Lipinski definition) is 2. The maximum absolute atomic E-state index is 6.14. The van der Waals surface area contributed by atoms with Gasteiger partial charge >= 0.3 is 0 Å². The fourth-order valence-corrected chi connectivity index (χ4v) is 2.82. The van der Waals surface area contributed by atoms with Crippen molar-refractivity contribution in [1.82, 2.24) is 15.3 Å². The van der Waals surface area contributed by atoms with Crippen molar-refractivity contribution >= 4 is 40.7 Å². The van der Waals surface area contributed by atoms with Crippen molar-refractivity contribution in [3.8, 4) is 0 Å². The Morgan fingerprint density at radius 1 is 1.50 bits per heavy atom. The van der Waals surface area contributed by atoms with Gasteiger partial charge in [0.1, 0.15) is 11.0 Å². The first-order valence-electron chi connectivity index (χ1n) is 7.78. The first-order valence-corrected chi connectivity index (χ1v) is 8.57. The molecule has 2 heterocycles. The topological polar surface area (TPSA) is 53.1 Å². The van der Waals surface area contributed by atoms with Gasteiger partial charge in [0.15, 0.2) is 5.11 Å². The predicted octanol–water partition coefficient (Wildman–Crippen LogP) is 3.31. The maximum atomic E-state index is 6.14. The highest BCUT2D eigenvalue weighted by molar-refractivity contribution is 7.80. The molecule has 1 aliphatic rings. The standard InChI is InChI=1S/C15H24ClN5S/c1-10(2)8-17-15(22)20-14-18-12(16)7-13(19-14)21-6-4-5-11(3)9-21/h7,10-11H,4-6,8-9H2,1-3H3,(H2,17,18,19,20,22)/t11-/m1/s1. The number of rotatable bonds is 4. The molecule has 0 amide bonds. The Hall–Kier alpha value is -1.14. The molecule has 1 fully saturated rings. The van der Waals surface area contributed by atoms with Gasteiger partial charge in [-0.15, -0.1) is 0 Å². The molecule has 1 atom stereocenters. The monoisotopic (exact) mass is 341 g/mol. The van der Waals surface area contributed by atoms with E-state index in [1.807, 2.05) is 6.07 Å². The molecule has 1 aliphatic heterocycles. The number of piperidine rings is 1. The minimum atomic E-state index is 0.428. The van der Waals surface area contributed by atoms with Gasteiger partial charge in [-0.1, -0.05) is 32.4 Å². The Morgan fingerprint density at radius 2 is 2.27 bits per heavy atom. The van der Waals surface area contributed by atoms with Crippen LogP contribution in [-0.4, -0.2) is 34.7 Å². The van der Waals surface area contributed by atoms with E-state index >= 15 is 0 Å². The second-order valence-electron chi connectivity index (χ2n) is 6.29. The second-order valence-corrected chi connectivity index (χ2v) is 7.09. The van der Waals surface area contributed by atoms with Gasteiger partial charge in [0, 0.05) is 25.7 Å². The average Bonchev–Trinajstić information content (AvgIpc) is 2.44. The normalized spacial score (nSPS) is 18.4. The van der Waals surface area contributed by atoms with Crippen LogP contribution in [0.2, 0.25) is 5.15 Å². The molecule has 1 aromatic rings. The van der Waals surface area contributed by atoms with Crippen LogP contribution in [0.3, 0.4) is 0 Å². The third-order valence-corrected chi connectivity index (χ3v) is 4.00. The number of aromatic nitrogens is 2. The van der Waals surface area contributed by atoms with Crippen LogP contribution in [0, 0.1) is 11.8 Å². The lowest BCUT2D eigenvalue weighted by Crippen LogP contribution is -2.35. The van der Waals surface area contributed by atoms with Gasteiger partial charge in [-0.3, -0.25) is 0 Å². The molecule has 122 valence electrons. The predicted molar refractivity (Wildman–Crippen MR) is 96.7 cm³/mol. The number of anilines is 2. The number of hydrogen-bond acceptors (Lipinski definition) is 4. The first kappa shape index (κ1) is 17.2. The Morgan fingerprint density at radius 3 is 2.95 bits per heavy atom. The van der Waals surface area contributed by atoms with Crippen molar-refractivity contribution in [2.75, 3.05) is 29.9 Å². The molecule has 7 heteroatoms. The highest BCUT2D eigenvalue weighted by Crippen LogP contribution is 2.24. The zero-order chi connectivity index (χ0) is 16.1. The maximum Gasteiger partial charge on any atom is 0.232 e. The third kappa shape index (κ3) is 5.25. The van der Waals surface area contributed by atoms with Gasteiger partial charge in [-0.05, 0) is 36.9 Å². The summed E-state index contributed by atoms with van der Waals surface area (Å²) in [6, 6.07) is 1.81. The molecular formula is C15H24ClN5S. The zero-order valence-corrected chi connectivity index (χ0v) is 15.0. The summed E-state index contributed by atoms with van der Waals surface area (Å²) in [5, 5.41) is 7.11. The van der Waals surface area contributed by atoms with Crippen molar-refractivity contribution in [1.29, 1.82) is 0 Å². The molecule has 0 unspecified atom stereocenters. The summed E-state index contributed by atoms with van der Waals surface area (Å²) < 4.78 is 0. The van der Waals surface area contributed by atoms with E-state index in [2.05, 4.69) is 46.3 Å². The zero-order valence-electron chi connectivity index (χ0n) is 13.4. The van der Waals surface area contributed by atoms with Crippen molar-refractivity contribution in [3.63, 3.8) is 0 Å². The molecule has 1 saturated heterocycles. The SMILES string of the molecule is CC(C)CNC(=S)Nc1nc(Cl)cc(N2CCC[C@@H](C)C2)n1. The van der Waals surface area contributed by atoms with Crippen LogP contribution in [0.15, 0.2) is 6.07 Å². The minimum Gasteiger partial charge on any atom is -0.362 e. The highest BCUT2D eigenvalue weighted by Gasteiger charge is 2.19. The van der Waals surface area contributed by atoms with E-state index < -0.39 is 0 Å². The largest absolute Gasteiger partial charge is 0.362 e. The van der Waals surface area contributed by atoms with Crippen LogP contribution in [0.25, 0.3) is 0 Å². The molecule has 0 bridgehead atoms. The molecule has 0 aliphatic carbocycles. The highest BCUT2D eigenvalue weighted by atomic mass is 35.5. The second kappa shape index (κ2) is 7.92. The smallest absolute Gasteiger partial charge is 0.232 e. The van der Waals surface area contributed by atoms with Crippen molar-refractivity contribution in [2.24, 2.45) is 11.8 Å². The Bertz CT molecular complexity index is 523. The molecule has 2 N–H and O–H groups in total. The molecule has 22 heavy (non-hydrogen) atoms. The summed E-state index contributed by atoms with van der Waals surface area (Å²) in [6.45, 7) is 9.33. The third-order valence-electron chi connectivity index (χ3n) is 3.56. The van der Waals surface area contributed by atoms with Crippen LogP contribution >= 0.6 is 23.8 Å². The van der Waals surface area contributed by atoms with Crippen LogP contribution in [0.5, 0.6) is 0 Å². The van der Waals surface area contributed by atoms with Crippen LogP contribution in [0.1, 0.15) is 33.6 Å². The summed E-state index contributed by atoms with van der Waals surface area (Å²) in [5.74, 6) is 2.50. The molecule has 0 aromatic carbocycles. The Labute approximate surface area is 142 Å². The molecule has 0 spiro atoms. The first-order chi connectivity index (χ1) is 10.4. The minimum absolute atomic E-state index is 0.428. The average molecular weight is 342 g/mol. The fourth-order valence-electron chi connectivity index (χ4n) is 2.46. The van der Waals surface area contributed by atoms with Gasteiger partial charge in [0.2, 0.25) is 5.95 Å². The summed E-state index contributed by atoms with van der Waals surface area (Å²) in [7, 11) is 0. The molecule has 0 saturated carbocycles. The van der Waals surface area contributed by atoms with E-state index in [0.717, 1.165) is 25.5 Å². The molecule has 1 aromatic heterocycles. The lowest BCUT2D eigenvalue weighted by atomic mass is 10.0. The van der Waals surface area contributed by atoms with Crippen molar-refractivity contribution in [3.05, 3.63) is 11.2 Å². The Balaban J connectivity index is 2.04. The van der Waals surface area contributed by atoms with Gasteiger partial charge in [0.25, 0.3) is 0 Å². The molecule has 5 nitrogen and oxygen atoms in total. The van der Waals surface area contributed by atoms with E-state index in [1.54, 1.807) is 0 Å². The van der Waals surface area contributed by atoms with E-state index in [1.165, 1.54) is 12.8 Å². The van der Waals surface area contributed by atoms with Crippen molar-refractivity contribution < 1.29 is 0 Å². The van der Waals surface area contributed by atoms with E-state index in [4.69, 9.17) is 23.8 Å². The number of halogens is 1. The van der Waals surface area contributed by atoms with Crippen LogP contribution in [0.4, 0.5) is 11.8 Å². The summed E-state index contributed by atoms with van der Waals surface area (Å²) in [6.07, 6.45) is 2.45. The summed E-state index contributed by atoms with van der Waals surface area (Å²) >= 11 is 11.4. The number of nitrogens with one attached hydrogen (secondary N) is 2. The van der Waals surface area contributed by atoms with Crippen molar-refractivity contribution in [2.45, 2.75) is 33.6 Å². The lowest BCUT2D eigenvalue weighted by Gasteiger charge is -2.32. The van der Waals surface area contributed by atoms with Gasteiger partial charge < -0.3 is 15.5 Å². The number of thiocarbonyl (C=S) groups is 1. The number of nitrogens with zero attached hydrogens (tertiary/aromatic N) is 3. The van der Waals surface area contributed by atoms with Crippen LogP contribution in [-0.2, 0) is 0 Å². The quantitative estimate of drug-likeness (QED) is 0.647. The van der Waals surface area contributed by atoms with E-state index in [0.29, 0.717) is 28.0 Å². The fraction of sp³-hybridized carbons (Fsp3) is 0.667.